The maximum atomic E-state index is 12.9. The fourth-order valence-corrected chi connectivity index (χ4v) is 1.16. The number of hydrogen-bond donors (Lipinski definition) is 2. The molecule has 0 bridgehead atoms. The summed E-state index contributed by atoms with van der Waals surface area (Å²) < 4.78 is 17.6. The zero-order valence-corrected chi connectivity index (χ0v) is 8.11. The van der Waals surface area contributed by atoms with Gasteiger partial charge in [-0.15, -0.1) is 0 Å². The molecule has 2 N–H and O–H groups in total. The maximum absolute atomic E-state index is 12.9. The van der Waals surface area contributed by atoms with Crippen LogP contribution in [0.2, 0.25) is 0 Å². The molecule has 0 heterocycles. The molecular formula is C10H11FO4. The molecule has 0 amide bonds. The summed E-state index contributed by atoms with van der Waals surface area (Å²) in [4.78, 5) is 10.6. The van der Waals surface area contributed by atoms with Crippen molar-refractivity contribution >= 4 is 5.97 Å². The van der Waals surface area contributed by atoms with Gasteiger partial charge in [0.2, 0.25) is 0 Å². The van der Waals surface area contributed by atoms with Gasteiger partial charge in [-0.1, -0.05) is 6.07 Å². The molecule has 4 nitrogen and oxygen atoms in total. The summed E-state index contributed by atoms with van der Waals surface area (Å²) >= 11 is 0. The van der Waals surface area contributed by atoms with E-state index in [0.29, 0.717) is 5.56 Å². The van der Waals surface area contributed by atoms with E-state index in [1.807, 2.05) is 0 Å². The van der Waals surface area contributed by atoms with Gasteiger partial charge in [-0.2, -0.15) is 0 Å². The third-order valence-corrected chi connectivity index (χ3v) is 1.99. The van der Waals surface area contributed by atoms with Gasteiger partial charge < -0.3 is 14.9 Å². The number of aromatic hydroxyl groups is 1. The quantitative estimate of drug-likeness (QED) is 0.789. The lowest BCUT2D eigenvalue weighted by Crippen LogP contribution is -2.24. The molecule has 1 atom stereocenters. The number of phenols is 1. The second-order valence-corrected chi connectivity index (χ2v) is 3.05. The molecule has 5 heteroatoms. The van der Waals surface area contributed by atoms with Gasteiger partial charge in [0.1, 0.15) is 0 Å². The van der Waals surface area contributed by atoms with E-state index in [1.165, 1.54) is 19.2 Å². The summed E-state index contributed by atoms with van der Waals surface area (Å²) in [6.07, 6.45) is -0.947. The summed E-state index contributed by atoms with van der Waals surface area (Å²) in [6, 6.07) is 3.72. The molecule has 1 rings (SSSR count). The fraction of sp³-hybridized carbons (Fsp3) is 0.300. The number of aliphatic carboxylic acids is 1. The molecule has 0 radical (unpaired) electrons. The van der Waals surface area contributed by atoms with Gasteiger partial charge in [0.25, 0.3) is 0 Å². The number of carboxylic acid groups (broad SMARTS) is 1. The van der Waals surface area contributed by atoms with Crippen molar-refractivity contribution in [1.82, 2.24) is 0 Å². The van der Waals surface area contributed by atoms with Crippen molar-refractivity contribution in [3.8, 4) is 5.75 Å². The first-order valence-electron chi connectivity index (χ1n) is 4.27. The number of ether oxygens (including phenoxy) is 1. The van der Waals surface area contributed by atoms with Crippen LogP contribution in [0, 0.1) is 5.82 Å². The summed E-state index contributed by atoms with van der Waals surface area (Å²) in [5, 5.41) is 17.6. The zero-order valence-electron chi connectivity index (χ0n) is 8.11. The number of hydrogen-bond acceptors (Lipinski definition) is 3. The van der Waals surface area contributed by atoms with Crippen LogP contribution in [-0.2, 0) is 16.0 Å². The van der Waals surface area contributed by atoms with Crippen molar-refractivity contribution in [2.75, 3.05) is 7.11 Å². The molecule has 0 aliphatic carbocycles. The lowest BCUT2D eigenvalue weighted by atomic mass is 10.1. The first-order chi connectivity index (χ1) is 7.04. The second kappa shape index (κ2) is 4.75. The van der Waals surface area contributed by atoms with Crippen LogP contribution in [0.3, 0.4) is 0 Å². The Balaban J connectivity index is 2.80. The van der Waals surface area contributed by atoms with Crippen LogP contribution in [0.15, 0.2) is 18.2 Å². The Morgan fingerprint density at radius 1 is 1.60 bits per heavy atom. The summed E-state index contributed by atoms with van der Waals surface area (Å²) in [5.41, 5.74) is 0.458. The first-order valence-corrected chi connectivity index (χ1v) is 4.27. The van der Waals surface area contributed by atoms with Crippen LogP contribution in [0.5, 0.6) is 5.75 Å². The maximum Gasteiger partial charge on any atom is 0.333 e. The highest BCUT2D eigenvalue weighted by molar-refractivity contribution is 5.72. The van der Waals surface area contributed by atoms with E-state index in [1.54, 1.807) is 0 Å². The third kappa shape index (κ3) is 2.92. The van der Waals surface area contributed by atoms with E-state index in [9.17, 15) is 9.18 Å². The van der Waals surface area contributed by atoms with Crippen LogP contribution in [0.25, 0.3) is 0 Å². The Hall–Kier alpha value is -1.62. The highest BCUT2D eigenvalue weighted by Crippen LogP contribution is 2.17. The van der Waals surface area contributed by atoms with Gasteiger partial charge in [-0.3, -0.25) is 0 Å². The lowest BCUT2D eigenvalue weighted by molar-refractivity contribution is -0.148. The number of benzene rings is 1. The van der Waals surface area contributed by atoms with Gasteiger partial charge in [-0.25, -0.2) is 9.18 Å². The van der Waals surface area contributed by atoms with Gasteiger partial charge in [0, 0.05) is 13.5 Å². The van der Waals surface area contributed by atoms with Crippen molar-refractivity contribution in [2.24, 2.45) is 0 Å². The lowest BCUT2D eigenvalue weighted by Gasteiger charge is -2.10. The molecule has 1 unspecified atom stereocenters. The predicted molar refractivity (Wildman–Crippen MR) is 50.2 cm³/mol. The molecule has 0 fully saturated rings. The highest BCUT2D eigenvalue weighted by atomic mass is 19.1. The van der Waals surface area contributed by atoms with Crippen LogP contribution < -0.4 is 0 Å². The van der Waals surface area contributed by atoms with Crippen molar-refractivity contribution in [3.63, 3.8) is 0 Å². The van der Waals surface area contributed by atoms with Gasteiger partial charge in [0.15, 0.2) is 17.7 Å². The average molecular weight is 214 g/mol. The van der Waals surface area contributed by atoms with E-state index < -0.39 is 23.6 Å². The molecule has 0 aromatic heterocycles. The molecule has 0 aliphatic heterocycles. The minimum atomic E-state index is -1.11. The molecule has 0 aliphatic rings. The van der Waals surface area contributed by atoms with Crippen LogP contribution in [0.4, 0.5) is 4.39 Å². The highest BCUT2D eigenvalue weighted by Gasteiger charge is 2.17. The molecule has 15 heavy (non-hydrogen) atoms. The smallest absolute Gasteiger partial charge is 0.333 e. The number of halogens is 1. The number of rotatable bonds is 4. The van der Waals surface area contributed by atoms with Gasteiger partial charge in [-0.05, 0) is 17.7 Å². The van der Waals surface area contributed by atoms with Crippen molar-refractivity contribution in [1.29, 1.82) is 0 Å². The van der Waals surface area contributed by atoms with Crippen LogP contribution in [0.1, 0.15) is 5.56 Å². The third-order valence-electron chi connectivity index (χ3n) is 1.99. The molecule has 0 saturated carbocycles. The normalized spacial score (nSPS) is 12.4. The Labute approximate surface area is 85.9 Å². The Morgan fingerprint density at radius 2 is 2.27 bits per heavy atom. The molecular weight excluding hydrogens is 203 g/mol. The number of carbonyl (C=O) groups is 1. The van der Waals surface area contributed by atoms with Gasteiger partial charge >= 0.3 is 5.97 Å². The predicted octanol–water partition coefficient (Wildman–Crippen LogP) is 1.17. The summed E-state index contributed by atoms with van der Waals surface area (Å²) in [5.74, 6) is -2.33. The summed E-state index contributed by atoms with van der Waals surface area (Å²) in [7, 11) is 1.27. The molecule has 0 spiro atoms. The Morgan fingerprint density at radius 3 is 2.73 bits per heavy atom. The summed E-state index contributed by atoms with van der Waals surface area (Å²) in [6.45, 7) is 0. The van der Waals surface area contributed by atoms with Crippen molar-refractivity contribution in [2.45, 2.75) is 12.5 Å². The molecule has 82 valence electrons. The van der Waals surface area contributed by atoms with E-state index in [0.717, 1.165) is 6.07 Å². The monoisotopic (exact) mass is 214 g/mol. The van der Waals surface area contributed by atoms with Crippen LogP contribution >= 0.6 is 0 Å². The van der Waals surface area contributed by atoms with Crippen molar-refractivity contribution < 1.29 is 24.1 Å². The SMILES string of the molecule is COC(Cc1ccc(O)c(F)c1)C(=O)O. The Bertz CT molecular complexity index is 364. The number of methoxy groups -OCH3 is 1. The first kappa shape index (κ1) is 11.5. The number of phenolic OH excluding ortho intramolecular Hbond substituents is 1. The minimum Gasteiger partial charge on any atom is -0.505 e. The molecule has 1 aromatic carbocycles. The zero-order chi connectivity index (χ0) is 11.4. The van der Waals surface area contributed by atoms with E-state index in [-0.39, 0.29) is 6.42 Å². The molecule has 1 aromatic rings. The Kier molecular flexibility index (Phi) is 3.62. The average Bonchev–Trinajstić information content (AvgIpc) is 2.19. The van der Waals surface area contributed by atoms with E-state index >= 15 is 0 Å². The topological polar surface area (TPSA) is 66.8 Å². The fourth-order valence-electron chi connectivity index (χ4n) is 1.16. The van der Waals surface area contributed by atoms with E-state index in [2.05, 4.69) is 0 Å². The number of carboxylic acids is 1. The van der Waals surface area contributed by atoms with Crippen LogP contribution in [-0.4, -0.2) is 29.4 Å². The second-order valence-electron chi connectivity index (χ2n) is 3.05. The molecule has 0 saturated heterocycles. The van der Waals surface area contributed by atoms with E-state index in [4.69, 9.17) is 14.9 Å². The van der Waals surface area contributed by atoms with Crippen molar-refractivity contribution in [3.05, 3.63) is 29.6 Å². The minimum absolute atomic E-state index is 0.0586. The van der Waals surface area contributed by atoms with Gasteiger partial charge in [0.05, 0.1) is 0 Å². The standard InChI is InChI=1S/C10H11FO4/c1-15-9(10(13)14)5-6-2-3-8(12)7(11)4-6/h2-4,9,12H,5H2,1H3,(H,13,14). The largest absolute Gasteiger partial charge is 0.505 e.